The van der Waals surface area contributed by atoms with Crippen LogP contribution in [0.4, 0.5) is 0 Å². The van der Waals surface area contributed by atoms with Crippen molar-refractivity contribution in [3.63, 3.8) is 0 Å². The molecule has 2 atom stereocenters. The Bertz CT molecular complexity index is 389. The van der Waals surface area contributed by atoms with Gasteiger partial charge in [-0.3, -0.25) is 0 Å². The van der Waals surface area contributed by atoms with Crippen LogP contribution in [0.25, 0.3) is 0 Å². The third-order valence-electron chi connectivity index (χ3n) is 4.85. The molecule has 2 rings (SSSR count). The minimum Gasteiger partial charge on any atom is -0.547 e. The molecule has 0 saturated heterocycles. The van der Waals surface area contributed by atoms with Gasteiger partial charge in [-0.15, -0.1) is 0 Å². The Morgan fingerprint density at radius 3 is 2.32 bits per heavy atom. The first-order chi connectivity index (χ1) is 8.54. The molecule has 0 heterocycles. The molecule has 0 aromatic carbocycles. The van der Waals surface area contributed by atoms with E-state index in [2.05, 4.69) is 47.3 Å². The summed E-state index contributed by atoms with van der Waals surface area (Å²) in [5, 5.41) is 0. The van der Waals surface area contributed by atoms with Gasteiger partial charge in [0.2, 0.25) is 8.32 Å². The summed E-state index contributed by atoms with van der Waals surface area (Å²) in [6.45, 7) is 16.7. The van der Waals surface area contributed by atoms with Crippen LogP contribution in [0, 0.1) is 16.7 Å². The van der Waals surface area contributed by atoms with E-state index in [1.807, 2.05) is 0 Å². The fraction of sp³-hybridized carbons (Fsp3) is 0.882. The van der Waals surface area contributed by atoms with Gasteiger partial charge in [-0.25, -0.2) is 0 Å². The molecule has 0 aromatic rings. The van der Waals surface area contributed by atoms with Gasteiger partial charge in [-0.05, 0) is 61.2 Å². The molecule has 1 fully saturated rings. The normalized spacial score (nSPS) is 35.0. The Morgan fingerprint density at radius 2 is 1.74 bits per heavy atom. The zero-order valence-electron chi connectivity index (χ0n) is 14.0. The van der Waals surface area contributed by atoms with E-state index in [-0.39, 0.29) is 0 Å². The van der Waals surface area contributed by atoms with Crippen molar-refractivity contribution < 1.29 is 4.43 Å². The lowest BCUT2D eigenvalue weighted by Gasteiger charge is -2.51. The number of fused-ring (bicyclic) bond motifs is 1. The maximum atomic E-state index is 6.54. The molecule has 2 unspecified atom stereocenters. The average molecular weight is 281 g/mol. The van der Waals surface area contributed by atoms with Gasteiger partial charge in [0.25, 0.3) is 0 Å². The highest BCUT2D eigenvalue weighted by molar-refractivity contribution is 6.70. The van der Waals surface area contributed by atoms with Crippen molar-refractivity contribution in [2.75, 3.05) is 0 Å². The van der Waals surface area contributed by atoms with E-state index in [9.17, 15) is 0 Å². The molecule has 110 valence electrons. The van der Waals surface area contributed by atoms with Gasteiger partial charge < -0.3 is 4.43 Å². The summed E-state index contributed by atoms with van der Waals surface area (Å²) in [6, 6.07) is 0. The van der Waals surface area contributed by atoms with Crippen molar-refractivity contribution in [3.05, 3.63) is 11.3 Å². The van der Waals surface area contributed by atoms with Gasteiger partial charge in [0.15, 0.2) is 0 Å². The zero-order valence-corrected chi connectivity index (χ0v) is 15.0. The van der Waals surface area contributed by atoms with Gasteiger partial charge >= 0.3 is 0 Å². The number of allylic oxidation sites excluding steroid dienone is 2. The molecule has 0 aliphatic heterocycles. The van der Waals surface area contributed by atoms with Crippen LogP contribution in [0.5, 0.6) is 0 Å². The van der Waals surface area contributed by atoms with E-state index in [1.165, 1.54) is 37.9 Å². The second kappa shape index (κ2) is 4.65. The fourth-order valence-electron chi connectivity index (χ4n) is 4.63. The van der Waals surface area contributed by atoms with E-state index in [1.54, 1.807) is 5.57 Å². The molecule has 0 bridgehead atoms. The number of hydrogen-bond donors (Lipinski definition) is 0. The van der Waals surface area contributed by atoms with Crippen LogP contribution >= 0.6 is 0 Å². The van der Waals surface area contributed by atoms with Gasteiger partial charge in [0, 0.05) is 6.42 Å². The van der Waals surface area contributed by atoms with Crippen molar-refractivity contribution in [2.45, 2.75) is 79.4 Å². The lowest BCUT2D eigenvalue weighted by molar-refractivity contribution is 0.124. The SMILES string of the molecule is CC1CC(O[Si](C)(C)C)=C2C(C)(C)CCCC2(C)C1. The largest absolute Gasteiger partial charge is 0.547 e. The third-order valence-corrected chi connectivity index (χ3v) is 5.71. The number of hydrogen-bond acceptors (Lipinski definition) is 1. The summed E-state index contributed by atoms with van der Waals surface area (Å²) in [5.41, 5.74) is 2.41. The predicted octanol–water partition coefficient (Wildman–Crippen LogP) is 5.74. The van der Waals surface area contributed by atoms with Crippen molar-refractivity contribution in [2.24, 2.45) is 16.7 Å². The predicted molar refractivity (Wildman–Crippen MR) is 85.6 cm³/mol. The second-order valence-electron chi connectivity index (χ2n) is 8.82. The molecule has 1 nitrogen and oxygen atoms in total. The molecule has 0 amide bonds. The Balaban J connectivity index is 2.48. The maximum absolute atomic E-state index is 6.54. The molecule has 0 N–H and O–H groups in total. The molecule has 1 saturated carbocycles. The Morgan fingerprint density at radius 1 is 1.11 bits per heavy atom. The maximum Gasteiger partial charge on any atom is 0.241 e. The standard InChI is InChI=1S/C17H32OSi/c1-13-11-14(18-19(5,6)7)15-16(2,3)9-8-10-17(15,4)12-13/h13H,8-12H2,1-7H3. The lowest BCUT2D eigenvalue weighted by Crippen LogP contribution is -2.41. The summed E-state index contributed by atoms with van der Waals surface area (Å²) in [6.07, 6.45) is 6.57. The van der Waals surface area contributed by atoms with Crippen LogP contribution in [-0.4, -0.2) is 8.32 Å². The van der Waals surface area contributed by atoms with E-state index in [0.29, 0.717) is 10.8 Å². The molecule has 2 aliphatic carbocycles. The van der Waals surface area contributed by atoms with E-state index in [4.69, 9.17) is 4.43 Å². The minimum atomic E-state index is -1.50. The minimum absolute atomic E-state index is 0.335. The van der Waals surface area contributed by atoms with E-state index >= 15 is 0 Å². The molecular weight excluding hydrogens is 248 g/mol. The van der Waals surface area contributed by atoms with Crippen LogP contribution in [0.2, 0.25) is 19.6 Å². The lowest BCUT2D eigenvalue weighted by atomic mass is 9.55. The second-order valence-corrected chi connectivity index (χ2v) is 13.3. The van der Waals surface area contributed by atoms with Crippen molar-refractivity contribution in [1.82, 2.24) is 0 Å². The van der Waals surface area contributed by atoms with Crippen LogP contribution in [-0.2, 0) is 4.43 Å². The van der Waals surface area contributed by atoms with E-state index in [0.717, 1.165) is 5.92 Å². The van der Waals surface area contributed by atoms with Gasteiger partial charge in [0.1, 0.15) is 0 Å². The monoisotopic (exact) mass is 280 g/mol. The summed E-state index contributed by atoms with van der Waals surface area (Å²) in [4.78, 5) is 0. The quantitative estimate of drug-likeness (QED) is 0.586. The molecule has 2 heteroatoms. The highest BCUT2D eigenvalue weighted by Crippen LogP contribution is 2.58. The average Bonchev–Trinajstić information content (AvgIpc) is 2.09. The molecule has 0 radical (unpaired) electrons. The summed E-state index contributed by atoms with van der Waals surface area (Å²) < 4.78 is 6.54. The van der Waals surface area contributed by atoms with Gasteiger partial charge in [0.05, 0.1) is 5.76 Å². The zero-order chi connectivity index (χ0) is 14.5. The Kier molecular flexibility index (Phi) is 3.71. The molecule has 2 aliphatic rings. The fourth-order valence-corrected chi connectivity index (χ4v) is 5.55. The van der Waals surface area contributed by atoms with Gasteiger partial charge in [-0.2, -0.15) is 0 Å². The van der Waals surface area contributed by atoms with Crippen LogP contribution < -0.4 is 0 Å². The Hall–Kier alpha value is -0.243. The number of rotatable bonds is 2. The molecule has 0 spiro atoms. The smallest absolute Gasteiger partial charge is 0.241 e. The van der Waals surface area contributed by atoms with Crippen molar-refractivity contribution in [3.8, 4) is 0 Å². The first-order valence-corrected chi connectivity index (χ1v) is 11.4. The highest BCUT2D eigenvalue weighted by Gasteiger charge is 2.47. The van der Waals surface area contributed by atoms with Crippen molar-refractivity contribution >= 4 is 8.32 Å². The van der Waals surface area contributed by atoms with Crippen molar-refractivity contribution in [1.29, 1.82) is 0 Å². The van der Waals surface area contributed by atoms with Crippen LogP contribution in [0.15, 0.2) is 11.3 Å². The van der Waals surface area contributed by atoms with Crippen LogP contribution in [0.1, 0.15) is 59.8 Å². The topological polar surface area (TPSA) is 9.23 Å². The first kappa shape index (κ1) is 15.2. The Labute approximate surface area is 120 Å². The third kappa shape index (κ3) is 3.09. The van der Waals surface area contributed by atoms with Crippen LogP contribution in [0.3, 0.4) is 0 Å². The van der Waals surface area contributed by atoms with Gasteiger partial charge in [-0.1, -0.05) is 34.1 Å². The molecule has 19 heavy (non-hydrogen) atoms. The summed E-state index contributed by atoms with van der Waals surface area (Å²) in [7, 11) is -1.50. The summed E-state index contributed by atoms with van der Waals surface area (Å²) >= 11 is 0. The first-order valence-electron chi connectivity index (χ1n) is 7.97. The molecular formula is C17H32OSi. The molecule has 0 aromatic heterocycles. The summed E-state index contributed by atoms with van der Waals surface area (Å²) in [5.74, 6) is 2.15. The highest BCUT2D eigenvalue weighted by atomic mass is 28.4. The van der Waals surface area contributed by atoms with E-state index < -0.39 is 8.32 Å².